The maximum Gasteiger partial charge on any atom is 0.326 e. The molecule has 19 nitrogen and oxygen atoms in total. The van der Waals surface area contributed by atoms with E-state index in [9.17, 15) is 39.0 Å². The average molecular weight is 916 g/mol. The number of hydrogen-bond donors (Lipinski definition) is 14. The lowest BCUT2D eigenvalue weighted by atomic mass is 10.0. The molecule has 0 bridgehead atoms. The number of carboxylic acids is 1. The average Bonchev–Trinajstić information content (AvgIpc) is 3.89. The Bertz CT molecular complexity index is 2450. The van der Waals surface area contributed by atoms with Gasteiger partial charge in [-0.3, -0.25) is 29.0 Å². The number of rotatable bonds is 23. The Labute approximate surface area is 379 Å². The number of phenols is 1. The summed E-state index contributed by atoms with van der Waals surface area (Å²) in [5, 5.41) is 34.9. The van der Waals surface area contributed by atoms with Crippen LogP contribution in [0.15, 0.2) is 90.2 Å². The van der Waals surface area contributed by atoms with Gasteiger partial charge in [-0.05, 0) is 53.8 Å². The van der Waals surface area contributed by atoms with Crippen molar-refractivity contribution in [3.63, 3.8) is 0 Å². The highest BCUT2D eigenvalue weighted by molar-refractivity contribution is 7.80. The molecule has 0 aliphatic heterocycles. The number of thiol groups is 2. The number of H-pyrrole nitrogens is 2. The fourth-order valence-electron chi connectivity index (χ4n) is 6.93. The number of aromatic nitrogens is 2. The number of aliphatic carboxylic acids is 1. The van der Waals surface area contributed by atoms with Gasteiger partial charge in [-0.25, -0.2) is 4.79 Å². The third-order valence-electron chi connectivity index (χ3n) is 10.4. The molecule has 5 rings (SSSR count). The number of para-hydroxylation sites is 2. The number of aromatic amines is 2. The van der Waals surface area contributed by atoms with Crippen LogP contribution in [0.2, 0.25) is 0 Å². The molecule has 0 saturated heterocycles. The van der Waals surface area contributed by atoms with E-state index in [0.29, 0.717) is 23.1 Å². The van der Waals surface area contributed by atoms with Crippen LogP contribution in [0.4, 0.5) is 0 Å². The third-order valence-corrected chi connectivity index (χ3v) is 11.1. The Morgan fingerprint density at radius 1 is 0.609 bits per heavy atom. The highest BCUT2D eigenvalue weighted by Crippen LogP contribution is 2.21. The highest BCUT2D eigenvalue weighted by atomic mass is 32.1. The summed E-state index contributed by atoms with van der Waals surface area (Å²) in [6.45, 7) is 0.250. The summed E-state index contributed by atoms with van der Waals surface area (Å²) in [6, 6.07) is 12.9. The molecule has 0 unspecified atom stereocenters. The predicted molar refractivity (Wildman–Crippen MR) is 249 cm³/mol. The smallest absolute Gasteiger partial charge is 0.326 e. The summed E-state index contributed by atoms with van der Waals surface area (Å²) in [5.74, 6) is -5.69. The maximum absolute atomic E-state index is 14.4. The van der Waals surface area contributed by atoms with Crippen molar-refractivity contribution in [3.8, 4) is 5.75 Å². The molecule has 0 fully saturated rings. The number of nitrogens with zero attached hydrogens (tertiary/aromatic N) is 1. The van der Waals surface area contributed by atoms with Gasteiger partial charge in [-0.2, -0.15) is 25.3 Å². The van der Waals surface area contributed by atoms with Crippen LogP contribution in [-0.2, 0) is 48.0 Å². The molecular weight excluding hydrogens is 863 g/mol. The predicted octanol–water partition coefficient (Wildman–Crippen LogP) is 0.132. The van der Waals surface area contributed by atoms with Crippen LogP contribution >= 0.6 is 25.3 Å². The number of hydrogen-bond acceptors (Lipinski definition) is 11. The van der Waals surface area contributed by atoms with Gasteiger partial charge in [-0.15, -0.1) is 0 Å². The number of aromatic hydroxyl groups is 1. The zero-order valence-electron chi connectivity index (χ0n) is 34.6. The third kappa shape index (κ3) is 13.4. The molecule has 0 aliphatic carbocycles. The Kier molecular flexibility index (Phi) is 17.4. The van der Waals surface area contributed by atoms with E-state index in [1.54, 1.807) is 24.5 Å². The normalized spacial score (nSPS) is 14.0. The number of aliphatic imine (C=N–C) groups is 1. The molecule has 0 aliphatic rings. The van der Waals surface area contributed by atoms with Crippen LogP contribution in [0.3, 0.4) is 0 Å². The van der Waals surface area contributed by atoms with Crippen molar-refractivity contribution in [2.45, 2.75) is 68.4 Å². The van der Waals surface area contributed by atoms with Crippen LogP contribution in [0.1, 0.15) is 29.5 Å². The zero-order chi connectivity index (χ0) is 46.3. The molecule has 0 radical (unpaired) electrons. The van der Waals surface area contributed by atoms with Gasteiger partial charge in [0.2, 0.25) is 29.5 Å². The molecule has 2 aromatic heterocycles. The lowest BCUT2D eigenvalue weighted by Crippen LogP contribution is -2.60. The van der Waals surface area contributed by atoms with E-state index in [2.05, 4.69) is 66.8 Å². The number of carbonyl (C=O) groups is 6. The number of fused-ring (bicyclic) bond motifs is 2. The van der Waals surface area contributed by atoms with Gasteiger partial charge >= 0.3 is 5.97 Å². The molecule has 15 N–H and O–H groups in total. The number of nitrogens with two attached hydrogens (primary N) is 3. The van der Waals surface area contributed by atoms with Gasteiger partial charge in [0.15, 0.2) is 5.96 Å². The summed E-state index contributed by atoms with van der Waals surface area (Å²) in [7, 11) is 0. The van der Waals surface area contributed by atoms with Crippen molar-refractivity contribution >= 4 is 88.5 Å². The van der Waals surface area contributed by atoms with Crippen molar-refractivity contribution in [2.24, 2.45) is 22.2 Å². The van der Waals surface area contributed by atoms with E-state index in [1.165, 1.54) is 12.1 Å². The first-order valence-electron chi connectivity index (χ1n) is 20.3. The number of benzene rings is 3. The van der Waals surface area contributed by atoms with Gasteiger partial charge in [0.1, 0.15) is 36.0 Å². The Balaban J connectivity index is 1.35. The van der Waals surface area contributed by atoms with E-state index in [-0.39, 0.29) is 55.4 Å². The van der Waals surface area contributed by atoms with E-state index in [4.69, 9.17) is 17.2 Å². The van der Waals surface area contributed by atoms with Crippen LogP contribution in [-0.4, -0.2) is 116 Å². The highest BCUT2D eigenvalue weighted by Gasteiger charge is 2.33. The summed E-state index contributed by atoms with van der Waals surface area (Å²) in [5.41, 5.74) is 20.0. The number of carbonyl (C=O) groups excluding carboxylic acids is 5. The van der Waals surface area contributed by atoms with Gasteiger partial charge in [0.05, 0.1) is 6.04 Å². The molecular formula is C43H53N11O8S2. The second-order valence-corrected chi connectivity index (χ2v) is 15.8. The standard InChI is InChI=1S/C43H53N11O8S2/c44-29(8-5-15-47-43(45)46)37(56)53-35(21-63)41(60)54-36(22-64)40(59)50-32(16-23-11-13-26(55)14-12-23)38(57)51-33(17-24-19-48-30-9-3-1-6-27(24)30)39(58)52-34(42(61)62)18-25-20-49-31-10-4-2-7-28(25)31/h1-4,6-7,9-14,19-20,29,32-36,48-49,55,63-64H,5,8,15-18,21-22,44H2,(H,50,59)(H,51,57)(H,52,58)(H,53,56)(H,54,60)(H,61,62)(H4,45,46,47)/t29-,32-,33-,34-,35-,36-/m0/s1. The minimum atomic E-state index is -1.39. The monoisotopic (exact) mass is 915 g/mol. The molecule has 3 aromatic carbocycles. The van der Waals surface area contributed by atoms with Crippen molar-refractivity contribution in [2.75, 3.05) is 18.1 Å². The fourth-order valence-corrected chi connectivity index (χ4v) is 7.45. The minimum Gasteiger partial charge on any atom is -0.508 e. The van der Waals surface area contributed by atoms with Crippen molar-refractivity contribution in [1.82, 2.24) is 36.6 Å². The van der Waals surface area contributed by atoms with Gasteiger partial charge in [-0.1, -0.05) is 48.5 Å². The van der Waals surface area contributed by atoms with Gasteiger partial charge in [0, 0.05) is 71.5 Å². The molecule has 21 heteroatoms. The van der Waals surface area contributed by atoms with Crippen molar-refractivity contribution < 1.29 is 39.0 Å². The molecule has 340 valence electrons. The molecule has 5 amide bonds. The first kappa shape index (κ1) is 48.3. The van der Waals surface area contributed by atoms with E-state index < -0.39 is 71.8 Å². The van der Waals surface area contributed by atoms with Crippen molar-refractivity contribution in [1.29, 1.82) is 0 Å². The molecule has 6 atom stereocenters. The van der Waals surface area contributed by atoms with Crippen LogP contribution in [0.25, 0.3) is 21.8 Å². The summed E-state index contributed by atoms with van der Waals surface area (Å²) >= 11 is 8.47. The van der Waals surface area contributed by atoms with Crippen LogP contribution in [0, 0.1) is 0 Å². The number of carboxylic acid groups (broad SMARTS) is 1. The molecule has 0 saturated carbocycles. The van der Waals surface area contributed by atoms with Gasteiger partial charge in [0.25, 0.3) is 0 Å². The van der Waals surface area contributed by atoms with E-state index >= 15 is 0 Å². The lowest BCUT2D eigenvalue weighted by Gasteiger charge is -2.27. The molecule has 64 heavy (non-hydrogen) atoms. The quantitative estimate of drug-likeness (QED) is 0.0181. The Morgan fingerprint density at radius 2 is 1.05 bits per heavy atom. The van der Waals surface area contributed by atoms with Gasteiger partial charge < -0.3 is 64.0 Å². The lowest BCUT2D eigenvalue weighted by molar-refractivity contribution is -0.142. The summed E-state index contributed by atoms with van der Waals surface area (Å²) in [4.78, 5) is 91.4. The molecule has 5 aromatic rings. The SMILES string of the molecule is NC(N)=NCCC[C@H](N)C(=O)N[C@@H](CS)C(=O)N[C@@H](CS)C(=O)N[C@@H](Cc1ccc(O)cc1)C(=O)N[C@@H](Cc1c[nH]c2ccccc12)C(=O)N[C@@H](Cc1c[nH]c2ccccc12)C(=O)O. The fraction of sp³-hybridized carbons (Fsp3) is 0.326. The molecule has 2 heterocycles. The topological polar surface area (TPSA) is 325 Å². The number of nitrogens with one attached hydrogen (secondary N) is 7. The number of guanidine groups is 1. The van der Waals surface area contributed by atoms with E-state index in [1.807, 2.05) is 48.5 Å². The zero-order valence-corrected chi connectivity index (χ0v) is 36.4. The minimum absolute atomic E-state index is 0.0412. The number of phenolic OH excluding ortho intramolecular Hbond substituents is 1. The van der Waals surface area contributed by atoms with E-state index in [0.717, 1.165) is 21.8 Å². The summed E-state index contributed by atoms with van der Waals surface area (Å²) in [6.07, 6.45) is 3.70. The number of amides is 5. The van der Waals surface area contributed by atoms with Crippen molar-refractivity contribution in [3.05, 3.63) is 102 Å². The van der Waals surface area contributed by atoms with Crippen LogP contribution < -0.4 is 43.8 Å². The van der Waals surface area contributed by atoms with Crippen LogP contribution in [0.5, 0.6) is 5.75 Å². The first-order valence-corrected chi connectivity index (χ1v) is 21.6. The maximum atomic E-state index is 14.4. The first-order chi connectivity index (χ1) is 30.7. The second-order valence-electron chi connectivity index (χ2n) is 15.1. The second kappa shape index (κ2) is 23.1. The Hall–Kier alpha value is -6.71. The Morgan fingerprint density at radius 3 is 1.55 bits per heavy atom. The largest absolute Gasteiger partial charge is 0.508 e. The summed E-state index contributed by atoms with van der Waals surface area (Å²) < 4.78 is 0. The molecule has 0 spiro atoms.